The van der Waals surface area contributed by atoms with Crippen LogP contribution in [0.4, 0.5) is 0 Å². The second kappa shape index (κ2) is 3.10. The van der Waals surface area contributed by atoms with Gasteiger partial charge in [-0.25, -0.2) is 4.79 Å². The number of hydrogen-bond acceptors (Lipinski definition) is 3. The molecular weight excluding hydrogens is 204 g/mol. The maximum Gasteiger partial charge on any atom is 0.378 e. The average molecular weight is 212 g/mol. The van der Waals surface area contributed by atoms with E-state index in [4.69, 9.17) is 4.42 Å². The summed E-state index contributed by atoms with van der Waals surface area (Å²) in [7, 11) is 0. The summed E-state index contributed by atoms with van der Waals surface area (Å²) >= 11 is 0. The van der Waals surface area contributed by atoms with Gasteiger partial charge in [-0.05, 0) is 29.0 Å². The zero-order valence-electron chi connectivity index (χ0n) is 8.31. The Balaban J connectivity index is 2.51. The first kappa shape index (κ1) is 8.97. The zero-order chi connectivity index (χ0) is 11.1. The lowest BCUT2D eigenvalue weighted by atomic mass is 10.1. The highest BCUT2D eigenvalue weighted by molar-refractivity contribution is 5.95. The smallest absolute Gasteiger partial charge is 0.378 e. The van der Waals surface area contributed by atoms with Crippen molar-refractivity contribution in [3.63, 3.8) is 0 Å². The number of benzene rings is 2. The van der Waals surface area contributed by atoms with Gasteiger partial charge in [0.05, 0.1) is 0 Å². The predicted molar refractivity (Wildman–Crippen MR) is 61.7 cm³/mol. The van der Waals surface area contributed by atoms with Crippen LogP contribution in [0.25, 0.3) is 21.7 Å². The minimum absolute atomic E-state index is 0.359. The predicted octanol–water partition coefficient (Wildman–Crippen LogP) is 2.65. The third kappa shape index (κ3) is 1.26. The van der Waals surface area contributed by atoms with Gasteiger partial charge in [-0.15, -0.1) is 0 Å². The van der Waals surface area contributed by atoms with Gasteiger partial charge >= 0.3 is 5.63 Å². The highest BCUT2D eigenvalue weighted by Crippen LogP contribution is 2.23. The Hall–Kier alpha value is -2.29. The standard InChI is InChI=1S/C13H8O3/c14-11-6-10-5-8-3-1-2-4-9(8)7-12(10)16-13(11)15/h1-7,14H. The molecule has 1 heterocycles. The van der Waals surface area contributed by atoms with Crippen LogP contribution in [-0.2, 0) is 0 Å². The summed E-state index contributed by atoms with van der Waals surface area (Å²) in [5.41, 5.74) is -0.218. The summed E-state index contributed by atoms with van der Waals surface area (Å²) in [6.45, 7) is 0. The van der Waals surface area contributed by atoms with Crippen molar-refractivity contribution in [2.75, 3.05) is 0 Å². The molecule has 0 radical (unpaired) electrons. The fourth-order valence-electron chi connectivity index (χ4n) is 1.80. The average Bonchev–Trinajstić information content (AvgIpc) is 2.28. The second-order valence-electron chi connectivity index (χ2n) is 3.66. The Morgan fingerprint density at radius 3 is 2.38 bits per heavy atom. The molecule has 78 valence electrons. The molecule has 3 nitrogen and oxygen atoms in total. The van der Waals surface area contributed by atoms with Crippen molar-refractivity contribution in [2.24, 2.45) is 0 Å². The van der Waals surface area contributed by atoms with Gasteiger partial charge in [0.15, 0.2) is 0 Å². The van der Waals surface area contributed by atoms with E-state index >= 15 is 0 Å². The van der Waals surface area contributed by atoms with Crippen LogP contribution in [-0.4, -0.2) is 5.11 Å². The quantitative estimate of drug-likeness (QED) is 0.460. The molecule has 0 bridgehead atoms. The van der Waals surface area contributed by atoms with E-state index in [0.717, 1.165) is 16.2 Å². The van der Waals surface area contributed by atoms with Crippen LogP contribution in [0.3, 0.4) is 0 Å². The monoisotopic (exact) mass is 212 g/mol. The third-order valence-electron chi connectivity index (χ3n) is 2.58. The molecule has 0 atom stereocenters. The lowest BCUT2D eigenvalue weighted by Crippen LogP contribution is -1.96. The van der Waals surface area contributed by atoms with Crippen LogP contribution < -0.4 is 5.63 Å². The van der Waals surface area contributed by atoms with Gasteiger partial charge < -0.3 is 9.52 Å². The van der Waals surface area contributed by atoms with E-state index in [1.807, 2.05) is 30.3 Å². The molecule has 3 rings (SSSR count). The SMILES string of the molecule is O=c1oc2cc3ccccc3cc2cc1O. The Morgan fingerprint density at radius 1 is 0.938 bits per heavy atom. The van der Waals surface area contributed by atoms with Crippen molar-refractivity contribution < 1.29 is 9.52 Å². The molecule has 3 aromatic rings. The molecule has 0 saturated heterocycles. The molecule has 0 fully saturated rings. The molecule has 1 N–H and O–H groups in total. The molecule has 3 heteroatoms. The number of aromatic hydroxyl groups is 1. The summed E-state index contributed by atoms with van der Waals surface area (Å²) in [5.74, 6) is -0.359. The lowest BCUT2D eigenvalue weighted by Gasteiger charge is -2.00. The minimum Gasteiger partial charge on any atom is -0.502 e. The first-order valence-electron chi connectivity index (χ1n) is 4.90. The van der Waals surface area contributed by atoms with Crippen LogP contribution in [0, 0.1) is 0 Å². The van der Waals surface area contributed by atoms with Gasteiger partial charge in [-0.3, -0.25) is 0 Å². The fourth-order valence-corrected chi connectivity index (χ4v) is 1.80. The van der Waals surface area contributed by atoms with Crippen molar-refractivity contribution >= 4 is 21.7 Å². The summed E-state index contributed by atoms with van der Waals surface area (Å²) in [4.78, 5) is 11.2. The molecule has 1 aromatic heterocycles. The van der Waals surface area contributed by atoms with Crippen LogP contribution >= 0.6 is 0 Å². The molecule has 0 aliphatic rings. The van der Waals surface area contributed by atoms with Crippen molar-refractivity contribution in [1.82, 2.24) is 0 Å². The Labute approximate surface area is 90.6 Å². The van der Waals surface area contributed by atoms with E-state index in [1.54, 1.807) is 6.07 Å². The topological polar surface area (TPSA) is 50.4 Å². The first-order chi connectivity index (χ1) is 7.74. The van der Waals surface area contributed by atoms with E-state index in [1.165, 1.54) is 6.07 Å². The molecule has 16 heavy (non-hydrogen) atoms. The molecule has 0 aliphatic carbocycles. The van der Waals surface area contributed by atoms with Crippen molar-refractivity contribution in [2.45, 2.75) is 0 Å². The summed E-state index contributed by atoms with van der Waals surface area (Å²) in [5, 5.41) is 12.0. The summed E-state index contributed by atoms with van der Waals surface area (Å²) in [6.07, 6.45) is 0. The van der Waals surface area contributed by atoms with Gasteiger partial charge in [0.2, 0.25) is 5.75 Å². The van der Waals surface area contributed by atoms with E-state index in [9.17, 15) is 9.90 Å². The van der Waals surface area contributed by atoms with Crippen LogP contribution in [0.5, 0.6) is 5.75 Å². The molecule has 0 spiro atoms. The highest BCUT2D eigenvalue weighted by atomic mass is 16.4. The molecule has 0 aliphatic heterocycles. The highest BCUT2D eigenvalue weighted by Gasteiger charge is 2.04. The Bertz CT molecular complexity index is 741. The zero-order valence-corrected chi connectivity index (χ0v) is 8.31. The van der Waals surface area contributed by atoms with Gasteiger partial charge in [-0.1, -0.05) is 24.3 Å². The van der Waals surface area contributed by atoms with Crippen LogP contribution in [0.1, 0.15) is 0 Å². The molecule has 0 amide bonds. The number of rotatable bonds is 0. The van der Waals surface area contributed by atoms with Gasteiger partial charge in [-0.2, -0.15) is 0 Å². The van der Waals surface area contributed by atoms with E-state index in [0.29, 0.717) is 5.58 Å². The van der Waals surface area contributed by atoms with Crippen LogP contribution in [0.15, 0.2) is 51.7 Å². The Kier molecular flexibility index (Phi) is 1.74. The van der Waals surface area contributed by atoms with E-state index in [-0.39, 0.29) is 5.75 Å². The maximum atomic E-state index is 11.2. The van der Waals surface area contributed by atoms with Crippen molar-refractivity contribution in [1.29, 1.82) is 0 Å². The van der Waals surface area contributed by atoms with E-state index < -0.39 is 5.63 Å². The van der Waals surface area contributed by atoms with Crippen molar-refractivity contribution in [3.05, 3.63) is 52.9 Å². The van der Waals surface area contributed by atoms with E-state index in [2.05, 4.69) is 0 Å². The van der Waals surface area contributed by atoms with Gasteiger partial charge in [0, 0.05) is 5.39 Å². The van der Waals surface area contributed by atoms with Gasteiger partial charge in [0.1, 0.15) is 5.58 Å². The molecule has 0 saturated carbocycles. The maximum absolute atomic E-state index is 11.2. The largest absolute Gasteiger partial charge is 0.502 e. The second-order valence-corrected chi connectivity index (χ2v) is 3.66. The normalized spacial score (nSPS) is 11.0. The molecule has 2 aromatic carbocycles. The van der Waals surface area contributed by atoms with Crippen molar-refractivity contribution in [3.8, 4) is 5.75 Å². The summed E-state index contributed by atoms with van der Waals surface area (Å²) in [6, 6.07) is 12.9. The van der Waals surface area contributed by atoms with Crippen LogP contribution in [0.2, 0.25) is 0 Å². The third-order valence-corrected chi connectivity index (χ3v) is 2.58. The summed E-state index contributed by atoms with van der Waals surface area (Å²) < 4.78 is 4.99. The fraction of sp³-hybridized carbons (Fsp3) is 0. The number of hydrogen-bond donors (Lipinski definition) is 1. The number of fused-ring (bicyclic) bond motifs is 2. The minimum atomic E-state index is -0.706. The molecule has 0 unspecified atom stereocenters. The molecular formula is C13H8O3. The lowest BCUT2D eigenvalue weighted by molar-refractivity contribution is 0.428. The van der Waals surface area contributed by atoms with Gasteiger partial charge in [0.25, 0.3) is 0 Å². The first-order valence-corrected chi connectivity index (χ1v) is 4.90. The Morgan fingerprint density at radius 2 is 1.62 bits per heavy atom.